The van der Waals surface area contributed by atoms with E-state index in [1.807, 2.05) is 0 Å². The van der Waals surface area contributed by atoms with E-state index in [2.05, 4.69) is 6.58 Å². The number of piperazine rings is 1. The van der Waals surface area contributed by atoms with Gasteiger partial charge in [0.25, 0.3) is 5.91 Å². The fraction of sp³-hybridized carbons (Fsp3) is 0.474. The molecular weight excluding hydrogens is 359 g/mol. The van der Waals surface area contributed by atoms with Crippen molar-refractivity contribution in [2.75, 3.05) is 26.2 Å². The van der Waals surface area contributed by atoms with Crippen molar-refractivity contribution in [3.05, 3.63) is 47.8 Å². The average molecular weight is 383 g/mol. The van der Waals surface area contributed by atoms with Crippen molar-refractivity contribution in [1.82, 2.24) is 9.80 Å². The van der Waals surface area contributed by atoms with Crippen LogP contribution in [0.15, 0.2) is 30.9 Å². The zero-order valence-electron chi connectivity index (χ0n) is 15.3. The van der Waals surface area contributed by atoms with Crippen LogP contribution in [0.4, 0.5) is 9.18 Å². The Morgan fingerprint density at radius 3 is 2.35 bits per heavy atom. The van der Waals surface area contributed by atoms with E-state index in [1.165, 1.54) is 29.2 Å². The fourth-order valence-electron chi connectivity index (χ4n) is 2.60. The smallest absolute Gasteiger partial charge is 0.410 e. The Bertz CT molecular complexity index is 695. The molecule has 2 amide bonds. The maximum Gasteiger partial charge on any atom is 0.410 e. The van der Waals surface area contributed by atoms with Gasteiger partial charge < -0.3 is 14.5 Å². The summed E-state index contributed by atoms with van der Waals surface area (Å²) in [6.45, 7) is 10.3. The van der Waals surface area contributed by atoms with Crippen molar-refractivity contribution in [1.29, 1.82) is 0 Å². The molecule has 1 saturated heterocycles. The summed E-state index contributed by atoms with van der Waals surface area (Å²) in [5.41, 5.74) is 0.0103. The molecule has 0 radical (unpaired) electrons. The van der Waals surface area contributed by atoms with Crippen LogP contribution in [0.2, 0.25) is 0 Å². The molecule has 142 valence electrons. The number of hydrogen-bond donors (Lipinski definition) is 0. The first-order chi connectivity index (χ1) is 12.1. The lowest BCUT2D eigenvalue weighted by molar-refractivity contribution is 0.0140. The molecule has 0 spiro atoms. The molecule has 1 aliphatic heterocycles. The number of allylic oxidation sites excluding steroid dienone is 1. The fourth-order valence-corrected chi connectivity index (χ4v) is 2.74. The summed E-state index contributed by atoms with van der Waals surface area (Å²) in [5.74, 6) is -1.01. The summed E-state index contributed by atoms with van der Waals surface area (Å²) in [6, 6.07) is 4.22. The Labute approximate surface area is 158 Å². The van der Waals surface area contributed by atoms with E-state index < -0.39 is 28.8 Å². The number of ether oxygens (including phenoxy) is 1. The molecule has 1 heterocycles. The van der Waals surface area contributed by atoms with Crippen molar-refractivity contribution in [2.45, 2.75) is 31.7 Å². The van der Waals surface area contributed by atoms with Gasteiger partial charge in [-0.1, -0.05) is 12.1 Å². The van der Waals surface area contributed by atoms with E-state index in [4.69, 9.17) is 16.3 Å². The van der Waals surface area contributed by atoms with E-state index in [9.17, 15) is 14.0 Å². The van der Waals surface area contributed by atoms with Gasteiger partial charge >= 0.3 is 6.09 Å². The maximum absolute atomic E-state index is 14.1. The highest BCUT2D eigenvalue weighted by atomic mass is 35.5. The quantitative estimate of drug-likeness (QED) is 0.586. The minimum Gasteiger partial charge on any atom is -0.444 e. The summed E-state index contributed by atoms with van der Waals surface area (Å²) in [5, 5.41) is -0.494. The predicted molar refractivity (Wildman–Crippen MR) is 98.9 cm³/mol. The minimum absolute atomic E-state index is 0.0271. The topological polar surface area (TPSA) is 49.9 Å². The number of alkyl halides is 1. The average Bonchev–Trinajstić information content (AvgIpc) is 2.59. The molecule has 0 bridgehead atoms. The highest BCUT2D eigenvalue weighted by molar-refractivity contribution is 6.22. The largest absolute Gasteiger partial charge is 0.444 e. The SMILES string of the molecule is C=CC(Cl)c1ccc(F)c(C(=O)N2CCN(C(=O)OC(C)(C)C)CC2)c1. The molecule has 1 aromatic carbocycles. The van der Waals surface area contributed by atoms with Gasteiger partial charge in [-0.15, -0.1) is 18.2 Å². The van der Waals surface area contributed by atoms with Gasteiger partial charge in [-0.25, -0.2) is 9.18 Å². The Morgan fingerprint density at radius 2 is 1.81 bits per heavy atom. The van der Waals surface area contributed by atoms with Gasteiger partial charge in [-0.3, -0.25) is 4.79 Å². The molecule has 0 aliphatic carbocycles. The summed E-state index contributed by atoms with van der Waals surface area (Å²) < 4.78 is 19.5. The van der Waals surface area contributed by atoms with Crippen molar-refractivity contribution in [3.8, 4) is 0 Å². The first-order valence-corrected chi connectivity index (χ1v) is 8.89. The lowest BCUT2D eigenvalue weighted by Gasteiger charge is -2.35. The van der Waals surface area contributed by atoms with Gasteiger partial charge in [0.15, 0.2) is 0 Å². The first-order valence-electron chi connectivity index (χ1n) is 8.45. The second kappa shape index (κ2) is 8.08. The van der Waals surface area contributed by atoms with E-state index >= 15 is 0 Å². The zero-order valence-corrected chi connectivity index (χ0v) is 16.1. The number of halogens is 2. The standard InChI is InChI=1S/C19H24ClFN2O3/c1-5-15(20)13-6-7-16(21)14(12-13)17(24)22-8-10-23(11-9-22)18(25)26-19(2,3)4/h5-7,12,15H,1,8-11H2,2-4H3. The Kier molecular flexibility index (Phi) is 6.29. The van der Waals surface area contributed by atoms with Crippen LogP contribution in [0, 0.1) is 5.82 Å². The van der Waals surface area contributed by atoms with Crippen LogP contribution in [0.3, 0.4) is 0 Å². The number of amides is 2. The lowest BCUT2D eigenvalue weighted by Crippen LogP contribution is -2.51. The summed E-state index contributed by atoms with van der Waals surface area (Å²) in [6.07, 6.45) is 1.11. The second-order valence-electron chi connectivity index (χ2n) is 7.14. The van der Waals surface area contributed by atoms with Crippen LogP contribution in [0.5, 0.6) is 0 Å². The van der Waals surface area contributed by atoms with Crippen molar-refractivity contribution >= 4 is 23.6 Å². The van der Waals surface area contributed by atoms with Gasteiger partial charge in [0, 0.05) is 26.2 Å². The molecule has 0 N–H and O–H groups in total. The number of rotatable bonds is 3. The van der Waals surface area contributed by atoms with Crippen LogP contribution in [-0.4, -0.2) is 53.6 Å². The number of carbonyl (C=O) groups excluding carboxylic acids is 2. The van der Waals surface area contributed by atoms with E-state index in [0.717, 1.165) is 0 Å². The number of nitrogens with zero attached hydrogens (tertiary/aromatic N) is 2. The normalized spacial score (nSPS) is 16.2. The second-order valence-corrected chi connectivity index (χ2v) is 7.61. The summed E-state index contributed by atoms with van der Waals surface area (Å²) >= 11 is 6.09. The Morgan fingerprint density at radius 1 is 1.23 bits per heavy atom. The molecule has 26 heavy (non-hydrogen) atoms. The molecule has 1 unspecified atom stereocenters. The van der Waals surface area contributed by atoms with Gasteiger partial charge in [-0.05, 0) is 38.5 Å². The third-order valence-electron chi connectivity index (χ3n) is 3.96. The lowest BCUT2D eigenvalue weighted by atomic mass is 10.1. The Balaban J connectivity index is 2.04. The molecular formula is C19H24ClFN2O3. The van der Waals surface area contributed by atoms with Gasteiger partial charge in [0.05, 0.1) is 10.9 Å². The van der Waals surface area contributed by atoms with E-state index in [-0.39, 0.29) is 5.56 Å². The molecule has 5 nitrogen and oxygen atoms in total. The number of carbonyl (C=O) groups is 2. The Hall–Kier alpha value is -2.08. The van der Waals surface area contributed by atoms with E-state index in [0.29, 0.717) is 31.7 Å². The molecule has 0 aromatic heterocycles. The molecule has 7 heteroatoms. The first kappa shape index (κ1) is 20.2. The third-order valence-corrected chi connectivity index (χ3v) is 4.39. The van der Waals surface area contributed by atoms with Gasteiger partial charge in [0.1, 0.15) is 11.4 Å². The van der Waals surface area contributed by atoms with Gasteiger partial charge in [-0.2, -0.15) is 0 Å². The molecule has 1 aliphatic rings. The summed E-state index contributed by atoms with van der Waals surface area (Å²) in [4.78, 5) is 27.8. The van der Waals surface area contributed by atoms with Crippen molar-refractivity contribution < 1.29 is 18.7 Å². The minimum atomic E-state index is -0.596. The predicted octanol–water partition coefficient (Wildman–Crippen LogP) is 3.98. The summed E-state index contributed by atoms with van der Waals surface area (Å²) in [7, 11) is 0. The number of benzene rings is 1. The van der Waals surface area contributed by atoms with Crippen LogP contribution in [-0.2, 0) is 4.74 Å². The molecule has 1 fully saturated rings. The molecule has 2 rings (SSSR count). The molecule has 1 atom stereocenters. The number of hydrogen-bond acceptors (Lipinski definition) is 3. The van der Waals surface area contributed by atoms with E-state index in [1.54, 1.807) is 25.7 Å². The zero-order chi connectivity index (χ0) is 19.5. The van der Waals surface area contributed by atoms with Crippen molar-refractivity contribution in [3.63, 3.8) is 0 Å². The van der Waals surface area contributed by atoms with Crippen LogP contribution in [0.1, 0.15) is 42.1 Å². The van der Waals surface area contributed by atoms with Crippen molar-refractivity contribution in [2.24, 2.45) is 0 Å². The molecule has 0 saturated carbocycles. The third kappa shape index (κ3) is 4.97. The van der Waals surface area contributed by atoms with Gasteiger partial charge in [0.2, 0.25) is 0 Å². The monoisotopic (exact) mass is 382 g/mol. The highest BCUT2D eigenvalue weighted by Gasteiger charge is 2.29. The van der Waals surface area contributed by atoms with Crippen LogP contribution >= 0.6 is 11.6 Å². The molecule has 1 aromatic rings. The maximum atomic E-state index is 14.1. The van der Waals surface area contributed by atoms with Crippen LogP contribution in [0.25, 0.3) is 0 Å². The highest BCUT2D eigenvalue weighted by Crippen LogP contribution is 2.24. The van der Waals surface area contributed by atoms with Crippen LogP contribution < -0.4 is 0 Å².